The number of hydrogen-bond donors (Lipinski definition) is 1. The van der Waals surface area contributed by atoms with Crippen LogP contribution in [-0.4, -0.2) is 31.2 Å². The number of nitrogens with zero attached hydrogens (tertiary/aromatic N) is 2. The Kier molecular flexibility index (Phi) is 3.81. The highest BCUT2D eigenvalue weighted by molar-refractivity contribution is 9.10. The van der Waals surface area contributed by atoms with Crippen LogP contribution in [0.2, 0.25) is 0 Å². The molecule has 0 aliphatic carbocycles. The fraction of sp³-hybridized carbons (Fsp3) is 0.667. The molecule has 4 heteroatoms. The van der Waals surface area contributed by atoms with Crippen LogP contribution in [0.4, 0.5) is 5.82 Å². The van der Waals surface area contributed by atoms with E-state index >= 15 is 0 Å². The predicted molar refractivity (Wildman–Crippen MR) is 82.7 cm³/mol. The largest absolute Gasteiger partial charge is 0.355 e. The molecule has 1 atom stereocenters. The Morgan fingerprint density at radius 1 is 1.37 bits per heavy atom. The molecule has 0 aromatic carbocycles. The van der Waals surface area contributed by atoms with E-state index in [1.165, 1.54) is 44.3 Å². The van der Waals surface area contributed by atoms with Crippen molar-refractivity contribution < 1.29 is 0 Å². The molecule has 0 bridgehead atoms. The molecule has 3 rings (SSSR count). The van der Waals surface area contributed by atoms with Gasteiger partial charge < -0.3 is 10.2 Å². The van der Waals surface area contributed by atoms with Gasteiger partial charge in [-0.05, 0) is 66.7 Å². The minimum Gasteiger partial charge on any atom is -0.355 e. The van der Waals surface area contributed by atoms with E-state index in [0.29, 0.717) is 5.41 Å². The molecule has 1 spiro atoms. The predicted octanol–water partition coefficient (Wildman–Crippen LogP) is 3.12. The molecule has 0 amide bonds. The van der Waals surface area contributed by atoms with Crippen molar-refractivity contribution in [2.45, 2.75) is 32.6 Å². The van der Waals surface area contributed by atoms with E-state index in [9.17, 15) is 0 Å². The number of pyridine rings is 1. The molecule has 1 unspecified atom stereocenters. The highest BCUT2D eigenvalue weighted by Gasteiger charge is 2.37. The molecule has 1 N–H and O–H groups in total. The number of rotatable bonds is 1. The number of halogens is 1. The lowest BCUT2D eigenvalue weighted by Crippen LogP contribution is -2.51. The molecule has 0 radical (unpaired) electrons. The second kappa shape index (κ2) is 5.41. The van der Waals surface area contributed by atoms with Crippen molar-refractivity contribution in [1.82, 2.24) is 10.3 Å². The minimum atomic E-state index is 0.475. The van der Waals surface area contributed by atoms with Crippen LogP contribution >= 0.6 is 15.9 Å². The van der Waals surface area contributed by atoms with E-state index in [0.717, 1.165) is 23.4 Å². The summed E-state index contributed by atoms with van der Waals surface area (Å²) in [5.74, 6) is 1.12. The van der Waals surface area contributed by atoms with Crippen molar-refractivity contribution in [3.63, 3.8) is 0 Å². The van der Waals surface area contributed by atoms with Crippen molar-refractivity contribution in [3.05, 3.63) is 22.3 Å². The topological polar surface area (TPSA) is 28.2 Å². The first-order valence-electron chi connectivity index (χ1n) is 7.26. The minimum absolute atomic E-state index is 0.475. The third kappa shape index (κ3) is 2.79. The standard InChI is InChI=1S/C15H22BrN3/c1-12-8-13(16)14(18-9-12)19-7-3-5-15(11-19)4-2-6-17-10-15/h8-9,17H,2-7,10-11H2,1H3. The maximum Gasteiger partial charge on any atom is 0.142 e. The lowest BCUT2D eigenvalue weighted by Gasteiger charge is -2.46. The van der Waals surface area contributed by atoms with Gasteiger partial charge in [-0.25, -0.2) is 4.98 Å². The van der Waals surface area contributed by atoms with Gasteiger partial charge in [0.2, 0.25) is 0 Å². The summed E-state index contributed by atoms with van der Waals surface area (Å²) in [5, 5.41) is 3.58. The Balaban J connectivity index is 1.81. The Morgan fingerprint density at radius 3 is 2.95 bits per heavy atom. The summed E-state index contributed by atoms with van der Waals surface area (Å²) in [7, 11) is 0. The van der Waals surface area contributed by atoms with Gasteiger partial charge in [0.15, 0.2) is 0 Å². The number of nitrogens with one attached hydrogen (secondary N) is 1. The van der Waals surface area contributed by atoms with Gasteiger partial charge in [0, 0.05) is 31.2 Å². The second-order valence-electron chi connectivity index (χ2n) is 6.12. The Morgan fingerprint density at radius 2 is 2.21 bits per heavy atom. The molecular weight excluding hydrogens is 302 g/mol. The molecular formula is C15H22BrN3. The van der Waals surface area contributed by atoms with Crippen LogP contribution in [0.25, 0.3) is 0 Å². The first-order chi connectivity index (χ1) is 9.19. The summed E-state index contributed by atoms with van der Waals surface area (Å²) in [6.45, 7) is 6.73. The molecule has 1 aromatic heterocycles. The van der Waals surface area contributed by atoms with Crippen molar-refractivity contribution in [1.29, 1.82) is 0 Å². The molecule has 3 nitrogen and oxygen atoms in total. The SMILES string of the molecule is Cc1cnc(N2CCCC3(CCCNC3)C2)c(Br)c1. The van der Waals surface area contributed by atoms with E-state index in [4.69, 9.17) is 0 Å². The first kappa shape index (κ1) is 13.4. The zero-order valence-corrected chi connectivity index (χ0v) is 13.2. The van der Waals surface area contributed by atoms with Crippen LogP contribution in [0.15, 0.2) is 16.7 Å². The van der Waals surface area contributed by atoms with Gasteiger partial charge in [0.05, 0.1) is 4.47 Å². The van der Waals surface area contributed by atoms with Crippen molar-refractivity contribution in [2.24, 2.45) is 5.41 Å². The van der Waals surface area contributed by atoms with Gasteiger partial charge in [0.25, 0.3) is 0 Å². The number of anilines is 1. The average molecular weight is 324 g/mol. The molecule has 3 heterocycles. The van der Waals surface area contributed by atoms with Crippen LogP contribution in [0.1, 0.15) is 31.2 Å². The molecule has 1 aromatic rings. The average Bonchev–Trinajstić information content (AvgIpc) is 2.39. The summed E-state index contributed by atoms with van der Waals surface area (Å²) in [4.78, 5) is 7.11. The maximum atomic E-state index is 4.64. The summed E-state index contributed by atoms with van der Waals surface area (Å²) in [5.41, 5.74) is 1.68. The van der Waals surface area contributed by atoms with E-state index in [1.54, 1.807) is 0 Å². The van der Waals surface area contributed by atoms with Gasteiger partial charge in [-0.1, -0.05) is 0 Å². The molecule has 19 heavy (non-hydrogen) atoms. The summed E-state index contributed by atoms with van der Waals surface area (Å²) < 4.78 is 1.13. The van der Waals surface area contributed by atoms with Crippen LogP contribution in [0.3, 0.4) is 0 Å². The lowest BCUT2D eigenvalue weighted by molar-refractivity contribution is 0.173. The fourth-order valence-corrected chi connectivity index (χ4v) is 4.24. The fourth-order valence-electron chi connectivity index (χ4n) is 3.53. The van der Waals surface area contributed by atoms with E-state index in [-0.39, 0.29) is 0 Å². The quantitative estimate of drug-likeness (QED) is 0.860. The van der Waals surface area contributed by atoms with Crippen LogP contribution < -0.4 is 10.2 Å². The zero-order chi connectivity index (χ0) is 13.3. The Bertz CT molecular complexity index is 449. The van der Waals surface area contributed by atoms with Crippen LogP contribution in [0.5, 0.6) is 0 Å². The summed E-state index contributed by atoms with van der Waals surface area (Å²) in [6.07, 6.45) is 7.29. The van der Waals surface area contributed by atoms with Gasteiger partial charge in [-0.2, -0.15) is 0 Å². The third-order valence-corrected chi connectivity index (χ3v) is 5.06. The molecule has 0 saturated carbocycles. The third-order valence-electron chi connectivity index (χ3n) is 4.48. The molecule has 2 saturated heterocycles. The highest BCUT2D eigenvalue weighted by Crippen LogP contribution is 2.38. The second-order valence-corrected chi connectivity index (χ2v) is 6.98. The number of hydrogen-bond acceptors (Lipinski definition) is 3. The maximum absolute atomic E-state index is 4.64. The van der Waals surface area contributed by atoms with Gasteiger partial charge in [0.1, 0.15) is 5.82 Å². The molecule has 104 valence electrons. The van der Waals surface area contributed by atoms with Crippen LogP contribution in [0, 0.1) is 12.3 Å². The number of aryl methyl sites for hydroxylation is 1. The van der Waals surface area contributed by atoms with E-state index in [2.05, 4.69) is 44.1 Å². The van der Waals surface area contributed by atoms with Gasteiger partial charge >= 0.3 is 0 Å². The summed E-state index contributed by atoms with van der Waals surface area (Å²) >= 11 is 3.68. The monoisotopic (exact) mass is 323 g/mol. The van der Waals surface area contributed by atoms with E-state index in [1.807, 2.05) is 6.20 Å². The van der Waals surface area contributed by atoms with Crippen molar-refractivity contribution in [2.75, 3.05) is 31.1 Å². The highest BCUT2D eigenvalue weighted by atomic mass is 79.9. The summed E-state index contributed by atoms with van der Waals surface area (Å²) in [6, 6.07) is 2.17. The molecule has 2 fully saturated rings. The molecule has 2 aliphatic rings. The van der Waals surface area contributed by atoms with Crippen molar-refractivity contribution in [3.8, 4) is 0 Å². The Hall–Kier alpha value is -0.610. The van der Waals surface area contributed by atoms with E-state index < -0.39 is 0 Å². The Labute approximate surface area is 123 Å². The number of aromatic nitrogens is 1. The smallest absolute Gasteiger partial charge is 0.142 e. The molecule has 2 aliphatic heterocycles. The zero-order valence-electron chi connectivity index (χ0n) is 11.6. The lowest BCUT2D eigenvalue weighted by atomic mass is 9.74. The first-order valence-corrected chi connectivity index (χ1v) is 8.06. The normalized spacial score (nSPS) is 27.8. The van der Waals surface area contributed by atoms with Crippen LogP contribution in [-0.2, 0) is 0 Å². The van der Waals surface area contributed by atoms with Gasteiger partial charge in [-0.3, -0.25) is 0 Å². The van der Waals surface area contributed by atoms with Gasteiger partial charge in [-0.15, -0.1) is 0 Å². The van der Waals surface area contributed by atoms with Crippen molar-refractivity contribution >= 4 is 21.7 Å². The number of piperidine rings is 2.